The first-order valence-corrected chi connectivity index (χ1v) is 9.47. The average molecular weight is 404 g/mol. The molecule has 0 aliphatic rings. The number of rotatable bonds is 7. The Balaban J connectivity index is 1.72. The number of nitrogens with one attached hydrogen (secondary N) is 2. The zero-order chi connectivity index (χ0) is 21.5. The zero-order valence-corrected chi connectivity index (χ0v) is 17.2. The topological polar surface area (TPSA) is 76.7 Å². The van der Waals surface area contributed by atoms with E-state index in [2.05, 4.69) is 10.6 Å². The maximum absolute atomic E-state index is 12.5. The molecule has 0 aliphatic heterocycles. The quantitative estimate of drug-likeness (QED) is 0.607. The van der Waals surface area contributed by atoms with Crippen LogP contribution in [0.5, 0.6) is 11.5 Å². The fraction of sp³-hybridized carbons (Fsp3) is 0.167. The van der Waals surface area contributed by atoms with Crippen LogP contribution in [-0.2, 0) is 16.0 Å². The lowest BCUT2D eigenvalue weighted by atomic mass is 10.0. The fourth-order valence-electron chi connectivity index (χ4n) is 3.08. The van der Waals surface area contributed by atoms with Crippen LogP contribution in [0.4, 0.5) is 11.4 Å². The first-order valence-electron chi connectivity index (χ1n) is 9.47. The van der Waals surface area contributed by atoms with E-state index in [1.54, 1.807) is 26.4 Å². The fourth-order valence-corrected chi connectivity index (χ4v) is 3.08. The number of hydrogen-bond acceptors (Lipinski definition) is 4. The third-order valence-electron chi connectivity index (χ3n) is 4.52. The molecule has 0 atom stereocenters. The molecule has 0 saturated carbocycles. The molecule has 0 fully saturated rings. The second-order valence-corrected chi connectivity index (χ2v) is 6.75. The maximum atomic E-state index is 12.5. The lowest BCUT2D eigenvalue weighted by Crippen LogP contribution is -2.14. The number of methoxy groups -OCH3 is 2. The van der Waals surface area contributed by atoms with Crippen LogP contribution in [0.3, 0.4) is 0 Å². The molecule has 6 heteroatoms. The number of carbonyl (C=O) groups excluding carboxylic acids is 2. The van der Waals surface area contributed by atoms with E-state index >= 15 is 0 Å². The summed E-state index contributed by atoms with van der Waals surface area (Å²) in [7, 11) is 3.24. The minimum absolute atomic E-state index is 0.131. The molecule has 3 aromatic carbocycles. The number of carbonyl (C=O) groups is 2. The summed E-state index contributed by atoms with van der Waals surface area (Å²) in [5, 5.41) is 5.64. The molecule has 3 aromatic rings. The van der Waals surface area contributed by atoms with Crippen molar-refractivity contribution in [2.75, 3.05) is 24.9 Å². The van der Waals surface area contributed by atoms with Gasteiger partial charge in [-0.25, -0.2) is 0 Å². The Hall–Kier alpha value is -3.80. The molecule has 0 aliphatic carbocycles. The molecule has 154 valence electrons. The smallest absolute Gasteiger partial charge is 0.228 e. The van der Waals surface area contributed by atoms with Gasteiger partial charge in [0, 0.05) is 23.9 Å². The summed E-state index contributed by atoms with van der Waals surface area (Å²) in [6.45, 7) is 1.45. The summed E-state index contributed by atoms with van der Waals surface area (Å²) in [6.07, 6.45) is 0.226. The number of hydrogen-bond donors (Lipinski definition) is 2. The first-order chi connectivity index (χ1) is 14.5. The van der Waals surface area contributed by atoms with E-state index in [0.29, 0.717) is 17.1 Å². The van der Waals surface area contributed by atoms with Crippen molar-refractivity contribution >= 4 is 23.2 Å². The molecule has 3 rings (SSSR count). The number of ether oxygens (including phenoxy) is 2. The van der Waals surface area contributed by atoms with Gasteiger partial charge in [-0.1, -0.05) is 24.3 Å². The van der Waals surface area contributed by atoms with Crippen molar-refractivity contribution in [1.82, 2.24) is 0 Å². The van der Waals surface area contributed by atoms with Crippen LogP contribution in [0.15, 0.2) is 66.7 Å². The highest BCUT2D eigenvalue weighted by atomic mass is 16.5. The molecule has 0 radical (unpaired) electrons. The van der Waals surface area contributed by atoms with Crippen molar-refractivity contribution in [3.63, 3.8) is 0 Å². The Kier molecular flexibility index (Phi) is 6.70. The van der Waals surface area contributed by atoms with Crippen molar-refractivity contribution < 1.29 is 19.1 Å². The predicted molar refractivity (Wildman–Crippen MR) is 118 cm³/mol. The average Bonchev–Trinajstić information content (AvgIpc) is 2.75. The van der Waals surface area contributed by atoms with Crippen molar-refractivity contribution in [2.45, 2.75) is 13.3 Å². The van der Waals surface area contributed by atoms with E-state index in [9.17, 15) is 9.59 Å². The first kappa shape index (κ1) is 20.9. The van der Waals surface area contributed by atoms with Gasteiger partial charge in [0.15, 0.2) is 0 Å². The number of anilines is 2. The second-order valence-electron chi connectivity index (χ2n) is 6.75. The molecular formula is C24H24N2O4. The minimum Gasteiger partial charge on any atom is -0.497 e. The molecule has 2 N–H and O–H groups in total. The van der Waals surface area contributed by atoms with Crippen LogP contribution in [0.25, 0.3) is 11.1 Å². The van der Waals surface area contributed by atoms with Crippen molar-refractivity contribution in [3.05, 3.63) is 72.3 Å². The highest BCUT2D eigenvalue weighted by Crippen LogP contribution is 2.33. The van der Waals surface area contributed by atoms with Crippen molar-refractivity contribution in [1.29, 1.82) is 0 Å². The Labute approximate surface area is 175 Å². The van der Waals surface area contributed by atoms with Crippen LogP contribution >= 0.6 is 0 Å². The van der Waals surface area contributed by atoms with E-state index in [1.165, 1.54) is 6.92 Å². The van der Waals surface area contributed by atoms with E-state index < -0.39 is 0 Å². The Morgan fingerprint density at radius 3 is 2.07 bits per heavy atom. The lowest BCUT2D eigenvalue weighted by molar-refractivity contribution is -0.116. The van der Waals surface area contributed by atoms with Gasteiger partial charge in [0.05, 0.1) is 20.6 Å². The van der Waals surface area contributed by atoms with Crippen molar-refractivity contribution in [2.24, 2.45) is 0 Å². The van der Waals surface area contributed by atoms with E-state index in [4.69, 9.17) is 9.47 Å². The molecule has 2 amide bonds. The number of amides is 2. The van der Waals surface area contributed by atoms with Crippen molar-refractivity contribution in [3.8, 4) is 22.6 Å². The highest BCUT2D eigenvalue weighted by Gasteiger charge is 2.10. The largest absolute Gasteiger partial charge is 0.497 e. The van der Waals surface area contributed by atoms with Crippen LogP contribution in [0.1, 0.15) is 12.5 Å². The molecule has 0 bridgehead atoms. The SMILES string of the molecule is COc1ccc(-c2cc(NC(=O)Cc3ccc(NC(C)=O)cc3)ccc2OC)cc1. The third kappa shape index (κ3) is 5.38. The Morgan fingerprint density at radius 2 is 1.47 bits per heavy atom. The van der Waals surface area contributed by atoms with Gasteiger partial charge in [0.1, 0.15) is 11.5 Å². The van der Waals surface area contributed by atoms with E-state index in [-0.39, 0.29) is 18.2 Å². The molecule has 0 unspecified atom stereocenters. The summed E-state index contributed by atoms with van der Waals surface area (Å²) < 4.78 is 10.7. The van der Waals surface area contributed by atoms with Gasteiger partial charge in [-0.15, -0.1) is 0 Å². The standard InChI is InChI=1S/C24H24N2O4/c1-16(27)25-19-8-4-17(5-9-19)14-24(28)26-20-10-13-23(30-3)22(15-20)18-6-11-21(29-2)12-7-18/h4-13,15H,14H2,1-3H3,(H,25,27)(H,26,28). The van der Waals surface area contributed by atoms with Crippen LogP contribution < -0.4 is 20.1 Å². The Bertz CT molecular complexity index is 1030. The van der Waals surface area contributed by atoms with E-state index in [1.807, 2.05) is 54.6 Å². The summed E-state index contributed by atoms with van der Waals surface area (Å²) in [4.78, 5) is 23.6. The van der Waals surface area contributed by atoms with Gasteiger partial charge in [-0.05, 0) is 53.6 Å². The van der Waals surface area contributed by atoms with Crippen LogP contribution in [-0.4, -0.2) is 26.0 Å². The minimum atomic E-state index is -0.132. The van der Waals surface area contributed by atoms with Gasteiger partial charge >= 0.3 is 0 Å². The van der Waals surface area contributed by atoms with Gasteiger partial charge in [0.25, 0.3) is 0 Å². The van der Waals surface area contributed by atoms with Gasteiger partial charge in [0.2, 0.25) is 11.8 Å². The molecule has 30 heavy (non-hydrogen) atoms. The third-order valence-corrected chi connectivity index (χ3v) is 4.52. The van der Waals surface area contributed by atoms with Crippen LogP contribution in [0, 0.1) is 0 Å². The second kappa shape index (κ2) is 9.60. The van der Waals surface area contributed by atoms with Gasteiger partial charge in [-0.3, -0.25) is 9.59 Å². The molecule has 0 aromatic heterocycles. The predicted octanol–water partition coefficient (Wildman–Crippen LogP) is 4.51. The molecule has 0 spiro atoms. The maximum Gasteiger partial charge on any atom is 0.228 e. The van der Waals surface area contributed by atoms with E-state index in [0.717, 1.165) is 22.4 Å². The monoisotopic (exact) mass is 404 g/mol. The van der Waals surface area contributed by atoms with Gasteiger partial charge in [-0.2, -0.15) is 0 Å². The lowest BCUT2D eigenvalue weighted by Gasteiger charge is -2.13. The summed E-state index contributed by atoms with van der Waals surface area (Å²) in [6, 6.07) is 20.4. The summed E-state index contributed by atoms with van der Waals surface area (Å²) in [5.74, 6) is 1.22. The number of benzene rings is 3. The molecular weight excluding hydrogens is 380 g/mol. The Morgan fingerprint density at radius 1 is 0.800 bits per heavy atom. The normalized spacial score (nSPS) is 10.2. The van der Waals surface area contributed by atoms with Crippen LogP contribution in [0.2, 0.25) is 0 Å². The molecule has 6 nitrogen and oxygen atoms in total. The molecule has 0 heterocycles. The summed E-state index contributed by atoms with van der Waals surface area (Å²) >= 11 is 0. The summed E-state index contributed by atoms with van der Waals surface area (Å²) in [5.41, 5.74) is 4.06. The molecule has 0 saturated heterocycles. The highest BCUT2D eigenvalue weighted by molar-refractivity contribution is 5.93. The van der Waals surface area contributed by atoms with Gasteiger partial charge < -0.3 is 20.1 Å². The zero-order valence-electron chi connectivity index (χ0n) is 17.2.